The number of carboxylic acid groups (broad SMARTS) is 1. The summed E-state index contributed by atoms with van der Waals surface area (Å²) in [5.74, 6) is -1.45. The average Bonchev–Trinajstić information content (AvgIpc) is 2.18. The summed E-state index contributed by atoms with van der Waals surface area (Å²) < 4.78 is 0. The number of aromatic nitrogens is 2. The number of aliphatic carboxylic acids is 1. The molecule has 0 unspecified atom stereocenters. The largest absolute Gasteiger partial charge is 0.481 e. The Labute approximate surface area is 90.3 Å². The van der Waals surface area contributed by atoms with Crippen LogP contribution in [0.5, 0.6) is 0 Å². The molecule has 0 saturated heterocycles. The average molecular weight is 230 g/mol. The predicted molar refractivity (Wildman–Crippen MR) is 51.6 cm³/mol. The molecule has 1 aromatic rings. The van der Waals surface area contributed by atoms with E-state index in [1.807, 2.05) is 0 Å². The van der Waals surface area contributed by atoms with E-state index in [2.05, 4.69) is 15.3 Å². The topological polar surface area (TPSA) is 92.2 Å². The fourth-order valence-corrected chi connectivity index (χ4v) is 0.901. The maximum Gasteiger partial charge on any atom is 0.305 e. The highest BCUT2D eigenvalue weighted by atomic mass is 35.5. The van der Waals surface area contributed by atoms with Gasteiger partial charge in [-0.25, -0.2) is 9.97 Å². The molecule has 80 valence electrons. The van der Waals surface area contributed by atoms with Crippen molar-refractivity contribution < 1.29 is 14.7 Å². The molecule has 1 amide bonds. The molecule has 1 heterocycles. The zero-order valence-electron chi connectivity index (χ0n) is 7.61. The number of carbonyl (C=O) groups excluding carboxylic acids is 1. The standard InChI is InChI=1S/C8H8ClN3O3/c9-6-4-11-5(3-12-6)8(15)10-2-1-7(13)14/h3-4H,1-2H2,(H,10,15)(H,13,14). The van der Waals surface area contributed by atoms with Crippen LogP contribution >= 0.6 is 11.6 Å². The van der Waals surface area contributed by atoms with Gasteiger partial charge in [-0.3, -0.25) is 9.59 Å². The van der Waals surface area contributed by atoms with Crippen molar-refractivity contribution >= 4 is 23.5 Å². The molecular formula is C8H8ClN3O3. The van der Waals surface area contributed by atoms with Crippen LogP contribution in [0.25, 0.3) is 0 Å². The number of amides is 1. The van der Waals surface area contributed by atoms with Crippen molar-refractivity contribution in [3.63, 3.8) is 0 Å². The van der Waals surface area contributed by atoms with Crippen LogP contribution in [0, 0.1) is 0 Å². The maximum absolute atomic E-state index is 11.3. The minimum Gasteiger partial charge on any atom is -0.481 e. The van der Waals surface area contributed by atoms with Gasteiger partial charge in [0.2, 0.25) is 0 Å². The number of carbonyl (C=O) groups is 2. The van der Waals surface area contributed by atoms with Gasteiger partial charge < -0.3 is 10.4 Å². The molecule has 0 spiro atoms. The van der Waals surface area contributed by atoms with E-state index in [9.17, 15) is 9.59 Å². The lowest BCUT2D eigenvalue weighted by Crippen LogP contribution is -2.26. The summed E-state index contributed by atoms with van der Waals surface area (Å²) >= 11 is 5.48. The van der Waals surface area contributed by atoms with Crippen LogP contribution in [0.2, 0.25) is 5.15 Å². The van der Waals surface area contributed by atoms with E-state index >= 15 is 0 Å². The number of halogens is 1. The quantitative estimate of drug-likeness (QED) is 0.777. The lowest BCUT2D eigenvalue weighted by Gasteiger charge is -2.01. The van der Waals surface area contributed by atoms with Crippen molar-refractivity contribution in [3.05, 3.63) is 23.2 Å². The molecule has 2 N–H and O–H groups in total. The Balaban J connectivity index is 2.47. The first-order valence-corrected chi connectivity index (χ1v) is 4.45. The first-order chi connectivity index (χ1) is 7.09. The molecule has 0 aromatic carbocycles. The van der Waals surface area contributed by atoms with Crippen LogP contribution in [-0.4, -0.2) is 33.5 Å². The van der Waals surface area contributed by atoms with E-state index < -0.39 is 11.9 Å². The van der Waals surface area contributed by atoms with Gasteiger partial charge in [-0.15, -0.1) is 0 Å². The third-order valence-corrected chi connectivity index (χ3v) is 1.67. The van der Waals surface area contributed by atoms with Crippen LogP contribution in [0.3, 0.4) is 0 Å². The summed E-state index contributed by atoms with van der Waals surface area (Å²) in [6.45, 7) is 0.0540. The van der Waals surface area contributed by atoms with E-state index in [1.54, 1.807) is 0 Å². The summed E-state index contributed by atoms with van der Waals surface area (Å²) in [6, 6.07) is 0. The summed E-state index contributed by atoms with van der Waals surface area (Å²) in [7, 11) is 0. The smallest absolute Gasteiger partial charge is 0.305 e. The highest BCUT2D eigenvalue weighted by Crippen LogP contribution is 2.00. The summed E-state index contributed by atoms with van der Waals surface area (Å²) in [5, 5.41) is 10.9. The third kappa shape index (κ3) is 3.90. The SMILES string of the molecule is O=C(O)CCNC(=O)c1cnc(Cl)cn1. The molecule has 0 radical (unpaired) electrons. The maximum atomic E-state index is 11.3. The molecule has 0 fully saturated rings. The second-order valence-corrected chi connectivity index (χ2v) is 3.01. The Morgan fingerprint density at radius 3 is 2.67 bits per heavy atom. The van der Waals surface area contributed by atoms with Crippen LogP contribution < -0.4 is 5.32 Å². The summed E-state index contributed by atoms with van der Waals surface area (Å²) in [5.41, 5.74) is 0.102. The van der Waals surface area contributed by atoms with Gasteiger partial charge in [0.25, 0.3) is 5.91 Å². The Kier molecular flexibility index (Phi) is 3.99. The molecule has 0 aliphatic carbocycles. The van der Waals surface area contributed by atoms with E-state index in [0.29, 0.717) is 0 Å². The van der Waals surface area contributed by atoms with E-state index in [-0.39, 0.29) is 23.8 Å². The monoisotopic (exact) mass is 229 g/mol. The van der Waals surface area contributed by atoms with Gasteiger partial charge in [0.05, 0.1) is 18.8 Å². The molecule has 0 saturated carbocycles. The molecule has 6 nitrogen and oxygen atoms in total. The van der Waals surface area contributed by atoms with Crippen LogP contribution in [0.4, 0.5) is 0 Å². The van der Waals surface area contributed by atoms with Crippen molar-refractivity contribution in [2.24, 2.45) is 0 Å². The van der Waals surface area contributed by atoms with Crippen molar-refractivity contribution in [2.75, 3.05) is 6.54 Å². The Morgan fingerprint density at radius 2 is 2.13 bits per heavy atom. The molecule has 0 bridgehead atoms. The van der Waals surface area contributed by atoms with Gasteiger partial charge in [-0.05, 0) is 0 Å². The zero-order chi connectivity index (χ0) is 11.3. The van der Waals surface area contributed by atoms with Gasteiger partial charge >= 0.3 is 5.97 Å². The summed E-state index contributed by atoms with van der Waals surface area (Å²) in [6.07, 6.45) is 2.33. The van der Waals surface area contributed by atoms with E-state index in [0.717, 1.165) is 0 Å². The van der Waals surface area contributed by atoms with Crippen molar-refractivity contribution in [3.8, 4) is 0 Å². The highest BCUT2D eigenvalue weighted by Gasteiger charge is 2.07. The third-order valence-electron chi connectivity index (χ3n) is 1.48. The predicted octanol–water partition coefficient (Wildman–Crippen LogP) is 0.335. The molecule has 15 heavy (non-hydrogen) atoms. The zero-order valence-corrected chi connectivity index (χ0v) is 8.36. The molecule has 1 rings (SSSR count). The van der Waals surface area contributed by atoms with Gasteiger partial charge in [0.1, 0.15) is 10.8 Å². The highest BCUT2D eigenvalue weighted by molar-refractivity contribution is 6.29. The fourth-order valence-electron chi connectivity index (χ4n) is 0.803. The van der Waals surface area contributed by atoms with Crippen LogP contribution in [-0.2, 0) is 4.79 Å². The van der Waals surface area contributed by atoms with Crippen LogP contribution in [0.15, 0.2) is 12.4 Å². The normalized spacial score (nSPS) is 9.67. The second kappa shape index (κ2) is 5.26. The molecule has 7 heteroatoms. The fraction of sp³-hybridized carbons (Fsp3) is 0.250. The van der Waals surface area contributed by atoms with E-state index in [4.69, 9.17) is 16.7 Å². The first-order valence-electron chi connectivity index (χ1n) is 4.07. The molecule has 1 aromatic heterocycles. The van der Waals surface area contributed by atoms with Gasteiger partial charge in [0.15, 0.2) is 0 Å². The van der Waals surface area contributed by atoms with Gasteiger partial charge in [-0.2, -0.15) is 0 Å². The second-order valence-electron chi connectivity index (χ2n) is 2.62. The molecule has 0 aliphatic heterocycles. The molecule has 0 aliphatic rings. The number of hydrogen-bond acceptors (Lipinski definition) is 4. The van der Waals surface area contributed by atoms with Crippen LogP contribution in [0.1, 0.15) is 16.9 Å². The molecule has 0 atom stereocenters. The Bertz CT molecular complexity index is 366. The number of hydrogen-bond donors (Lipinski definition) is 2. The van der Waals surface area contributed by atoms with Crippen molar-refractivity contribution in [1.29, 1.82) is 0 Å². The Hall–Kier alpha value is -1.69. The lowest BCUT2D eigenvalue weighted by atomic mass is 10.4. The Morgan fingerprint density at radius 1 is 1.40 bits per heavy atom. The minimum absolute atomic E-state index is 0.0540. The number of rotatable bonds is 4. The van der Waals surface area contributed by atoms with E-state index in [1.165, 1.54) is 12.4 Å². The minimum atomic E-state index is -0.975. The number of nitrogens with one attached hydrogen (secondary N) is 1. The van der Waals surface area contributed by atoms with Crippen molar-refractivity contribution in [1.82, 2.24) is 15.3 Å². The molecular weight excluding hydrogens is 222 g/mol. The van der Waals surface area contributed by atoms with Crippen molar-refractivity contribution in [2.45, 2.75) is 6.42 Å². The number of nitrogens with zero attached hydrogens (tertiary/aromatic N) is 2. The van der Waals surface area contributed by atoms with Gasteiger partial charge in [-0.1, -0.05) is 11.6 Å². The first kappa shape index (κ1) is 11.4. The number of carboxylic acids is 1. The van der Waals surface area contributed by atoms with Gasteiger partial charge in [0, 0.05) is 6.54 Å². The lowest BCUT2D eigenvalue weighted by molar-refractivity contribution is -0.136. The summed E-state index contributed by atoms with van der Waals surface area (Å²) in [4.78, 5) is 28.8.